The Labute approximate surface area is 133 Å². The van der Waals surface area contributed by atoms with Gasteiger partial charge in [0.15, 0.2) is 12.4 Å². The van der Waals surface area contributed by atoms with Gasteiger partial charge in [0.2, 0.25) is 0 Å². The lowest BCUT2D eigenvalue weighted by molar-refractivity contribution is -0.757. The molecule has 0 saturated carbocycles. The summed E-state index contributed by atoms with van der Waals surface area (Å²) in [5, 5.41) is 11.5. The Hall–Kier alpha value is -2.71. The van der Waals surface area contributed by atoms with Crippen molar-refractivity contribution < 1.29 is 28.8 Å². The number of hydrogen-bond acceptors (Lipinski definition) is 6. The van der Waals surface area contributed by atoms with Crippen LogP contribution in [0.3, 0.4) is 0 Å². The summed E-state index contributed by atoms with van der Waals surface area (Å²) in [6.45, 7) is 5.01. The average molecular weight is 326 g/mol. The largest absolute Gasteiger partial charge is 0.404 e. The van der Waals surface area contributed by atoms with Crippen molar-refractivity contribution in [3.05, 3.63) is 40.2 Å². The number of ether oxygens (including phenoxy) is 1. The van der Waals surface area contributed by atoms with Gasteiger partial charge in [0.1, 0.15) is 12.2 Å². The Kier molecular flexibility index (Phi) is 6.43. The molecule has 1 aromatic rings. The highest BCUT2D eigenvalue weighted by atomic mass is 16.9. The molecule has 1 amide bonds. The number of hydrogen-bond donors (Lipinski definition) is 1. The zero-order chi connectivity index (χ0) is 17.5. The molecule has 0 atom stereocenters. The Morgan fingerprint density at radius 1 is 1.39 bits per heavy atom. The summed E-state index contributed by atoms with van der Waals surface area (Å²) in [5.74, 6) is -0.759. The predicted octanol–water partition coefficient (Wildman–Crippen LogP) is 0.459. The van der Waals surface area contributed by atoms with E-state index < -0.39 is 16.4 Å². The van der Waals surface area contributed by atoms with Crippen LogP contribution in [0, 0.1) is 15.5 Å². The molecule has 0 aliphatic carbocycles. The van der Waals surface area contributed by atoms with Crippen LogP contribution >= 0.6 is 0 Å². The summed E-state index contributed by atoms with van der Waals surface area (Å²) in [5.41, 5.74) is -0.271. The highest BCUT2D eigenvalue weighted by Crippen LogP contribution is 2.14. The van der Waals surface area contributed by atoms with Crippen molar-refractivity contribution in [3.63, 3.8) is 0 Å². The highest BCUT2D eigenvalue weighted by molar-refractivity contribution is 5.93. The Bertz CT molecular complexity index is 582. The van der Waals surface area contributed by atoms with Crippen LogP contribution < -0.4 is 9.88 Å². The van der Waals surface area contributed by atoms with Gasteiger partial charge >= 0.3 is 5.97 Å². The Morgan fingerprint density at radius 3 is 2.70 bits per heavy atom. The minimum Gasteiger partial charge on any atom is -0.404 e. The van der Waals surface area contributed by atoms with Crippen LogP contribution in [0.2, 0.25) is 0 Å². The van der Waals surface area contributed by atoms with Gasteiger partial charge < -0.3 is 14.9 Å². The number of carbonyl (C=O) groups is 2. The first-order chi connectivity index (χ1) is 10.7. The van der Waals surface area contributed by atoms with Crippen molar-refractivity contribution in [3.8, 4) is 0 Å². The number of carbonyl (C=O) groups excluding carboxylic acids is 2. The quantitative estimate of drug-likeness (QED) is 0.256. The van der Waals surface area contributed by atoms with E-state index in [1.165, 1.54) is 6.20 Å². The standard InChI is InChI=1S/C14H19N3O6/c1-14(2,3)13(19)22-10-16-7-4-5-11(9-16)12(18)15-6-8-23-17(20)21/h4-5,7,9H,6,8,10H2,1-3H3/p+1. The topological polar surface area (TPSA) is 112 Å². The maximum Gasteiger partial charge on any atom is 0.316 e. The van der Waals surface area contributed by atoms with Crippen LogP contribution in [-0.2, 0) is 21.1 Å². The minimum atomic E-state index is -0.924. The molecule has 1 rings (SSSR count). The van der Waals surface area contributed by atoms with Gasteiger partial charge in [0, 0.05) is 12.6 Å². The van der Waals surface area contributed by atoms with E-state index in [9.17, 15) is 19.7 Å². The lowest BCUT2D eigenvalue weighted by atomic mass is 9.98. The summed E-state index contributed by atoms with van der Waals surface area (Å²) < 4.78 is 6.70. The monoisotopic (exact) mass is 326 g/mol. The highest BCUT2D eigenvalue weighted by Gasteiger charge is 2.24. The molecule has 0 spiro atoms. The van der Waals surface area contributed by atoms with Gasteiger partial charge in [0.05, 0.1) is 5.41 Å². The van der Waals surface area contributed by atoms with E-state index in [4.69, 9.17) is 4.74 Å². The zero-order valence-electron chi connectivity index (χ0n) is 13.3. The van der Waals surface area contributed by atoms with Crippen molar-refractivity contribution in [2.75, 3.05) is 13.2 Å². The van der Waals surface area contributed by atoms with E-state index in [-0.39, 0.29) is 25.9 Å². The lowest BCUT2D eigenvalue weighted by Gasteiger charge is -2.14. The molecule has 23 heavy (non-hydrogen) atoms. The third-order valence-electron chi connectivity index (χ3n) is 2.66. The molecule has 0 aliphatic heterocycles. The summed E-state index contributed by atoms with van der Waals surface area (Å²) in [6.07, 6.45) is 3.17. The number of pyridine rings is 1. The molecule has 0 unspecified atom stereocenters. The lowest BCUT2D eigenvalue weighted by Crippen LogP contribution is -2.39. The molecule has 0 bridgehead atoms. The van der Waals surface area contributed by atoms with Crippen molar-refractivity contribution in [1.82, 2.24) is 5.32 Å². The van der Waals surface area contributed by atoms with E-state index in [1.54, 1.807) is 43.7 Å². The maximum atomic E-state index is 11.9. The minimum absolute atomic E-state index is 0.00766. The molecule has 1 N–H and O–H groups in total. The van der Waals surface area contributed by atoms with E-state index in [2.05, 4.69) is 10.2 Å². The van der Waals surface area contributed by atoms with Gasteiger partial charge in [-0.25, -0.2) is 0 Å². The fraction of sp³-hybridized carbons (Fsp3) is 0.500. The molecule has 9 nitrogen and oxygen atoms in total. The Balaban J connectivity index is 2.54. The van der Waals surface area contributed by atoms with E-state index in [0.717, 1.165) is 0 Å². The molecule has 0 fully saturated rings. The molecule has 0 radical (unpaired) electrons. The van der Waals surface area contributed by atoms with Gasteiger partial charge in [-0.1, -0.05) is 0 Å². The van der Waals surface area contributed by atoms with E-state index in [1.807, 2.05) is 0 Å². The number of aromatic nitrogens is 1. The normalized spacial score (nSPS) is 10.7. The molecule has 9 heteroatoms. The number of rotatable bonds is 7. The van der Waals surface area contributed by atoms with Gasteiger partial charge in [-0.3, -0.25) is 9.59 Å². The van der Waals surface area contributed by atoms with Gasteiger partial charge in [-0.2, -0.15) is 4.57 Å². The first-order valence-corrected chi connectivity index (χ1v) is 6.92. The van der Waals surface area contributed by atoms with Crippen LogP contribution in [0.1, 0.15) is 31.1 Å². The third kappa shape index (κ3) is 6.72. The van der Waals surface area contributed by atoms with Crippen LogP contribution in [0.15, 0.2) is 24.5 Å². The summed E-state index contributed by atoms with van der Waals surface area (Å²) in [7, 11) is 0. The van der Waals surface area contributed by atoms with Crippen molar-refractivity contribution in [2.24, 2.45) is 5.41 Å². The molecule has 0 aliphatic rings. The van der Waals surface area contributed by atoms with Crippen LogP contribution in [0.4, 0.5) is 0 Å². The Morgan fingerprint density at radius 2 is 2.09 bits per heavy atom. The van der Waals surface area contributed by atoms with E-state index in [0.29, 0.717) is 5.56 Å². The van der Waals surface area contributed by atoms with Gasteiger partial charge in [0.25, 0.3) is 17.7 Å². The van der Waals surface area contributed by atoms with E-state index >= 15 is 0 Å². The number of esters is 1. The average Bonchev–Trinajstić information content (AvgIpc) is 2.48. The second-order valence-electron chi connectivity index (χ2n) is 5.73. The fourth-order valence-electron chi connectivity index (χ4n) is 1.47. The second-order valence-corrected chi connectivity index (χ2v) is 5.73. The predicted molar refractivity (Wildman–Crippen MR) is 77.5 cm³/mol. The second kappa shape index (κ2) is 8.06. The first kappa shape index (κ1) is 18.3. The van der Waals surface area contributed by atoms with Crippen LogP contribution in [-0.4, -0.2) is 30.1 Å². The van der Waals surface area contributed by atoms with Crippen molar-refractivity contribution in [1.29, 1.82) is 0 Å². The van der Waals surface area contributed by atoms with Crippen molar-refractivity contribution in [2.45, 2.75) is 27.5 Å². The smallest absolute Gasteiger partial charge is 0.316 e. The van der Waals surface area contributed by atoms with Crippen LogP contribution in [0.25, 0.3) is 0 Å². The molecule has 126 valence electrons. The van der Waals surface area contributed by atoms with Gasteiger partial charge in [-0.05, 0) is 26.8 Å². The maximum absolute atomic E-state index is 11.9. The molecule has 0 aromatic carbocycles. The van der Waals surface area contributed by atoms with Crippen molar-refractivity contribution >= 4 is 11.9 Å². The molecule has 1 aromatic heterocycles. The zero-order valence-corrected chi connectivity index (χ0v) is 13.3. The van der Waals surface area contributed by atoms with Crippen LogP contribution in [0.5, 0.6) is 0 Å². The number of nitrogens with one attached hydrogen (secondary N) is 1. The number of amides is 1. The number of nitrogens with zero attached hydrogens (tertiary/aromatic N) is 2. The fourth-order valence-corrected chi connectivity index (χ4v) is 1.47. The first-order valence-electron chi connectivity index (χ1n) is 6.92. The summed E-state index contributed by atoms with van der Waals surface area (Å²) >= 11 is 0. The SMILES string of the molecule is CC(C)(C)C(=O)OC[n+]1cccc(C(=O)NCCO[N+](=O)[O-])c1. The molecule has 1 heterocycles. The molecule has 0 saturated heterocycles. The summed E-state index contributed by atoms with van der Waals surface area (Å²) in [4.78, 5) is 37.7. The molecular formula is C14H20N3O6+. The van der Waals surface area contributed by atoms with Gasteiger partial charge in [-0.15, -0.1) is 10.1 Å². The summed E-state index contributed by atoms with van der Waals surface area (Å²) in [6, 6.07) is 3.21. The third-order valence-corrected chi connectivity index (χ3v) is 2.66. The molecular weight excluding hydrogens is 306 g/mol.